The zero-order valence-electron chi connectivity index (χ0n) is 15.3. The van der Waals surface area contributed by atoms with Crippen LogP contribution in [0.15, 0.2) is 34.1 Å². The molecule has 0 radical (unpaired) electrons. The van der Waals surface area contributed by atoms with Crippen LogP contribution in [-0.4, -0.2) is 76.2 Å². The molecule has 0 unspecified atom stereocenters. The zero-order chi connectivity index (χ0) is 18.4. The quantitative estimate of drug-likeness (QED) is 0.616. The van der Waals surface area contributed by atoms with Crippen molar-refractivity contribution in [1.82, 2.24) is 29.9 Å². The number of carbonyl (C=O) groups excluding carboxylic acids is 1. The normalized spacial score (nSPS) is 15.4. The van der Waals surface area contributed by atoms with E-state index in [4.69, 9.17) is 4.42 Å². The zero-order valence-corrected chi connectivity index (χ0v) is 15.3. The average Bonchev–Trinajstić information content (AvgIpc) is 3.36. The minimum Gasteiger partial charge on any atom is -0.459 e. The van der Waals surface area contributed by atoms with Gasteiger partial charge in [-0.3, -0.25) is 9.79 Å². The number of nitrogens with zero attached hydrogens (tertiary/aromatic N) is 6. The van der Waals surface area contributed by atoms with Crippen LogP contribution in [-0.2, 0) is 13.0 Å². The number of carbonyl (C=O) groups is 1. The Hall–Kier alpha value is -2.84. The summed E-state index contributed by atoms with van der Waals surface area (Å²) in [5.74, 6) is 2.16. The molecule has 2 aromatic rings. The van der Waals surface area contributed by atoms with Crippen LogP contribution in [0.1, 0.15) is 23.3 Å². The lowest BCUT2D eigenvalue weighted by Gasteiger charge is -2.36. The van der Waals surface area contributed by atoms with Gasteiger partial charge in [-0.2, -0.15) is 0 Å². The smallest absolute Gasteiger partial charge is 0.289 e. The van der Waals surface area contributed by atoms with Crippen molar-refractivity contribution in [3.63, 3.8) is 0 Å². The highest BCUT2D eigenvalue weighted by atomic mass is 16.3. The highest BCUT2D eigenvalue weighted by Gasteiger charge is 2.25. The van der Waals surface area contributed by atoms with E-state index in [1.807, 2.05) is 9.47 Å². The molecule has 0 saturated carbocycles. The first-order valence-corrected chi connectivity index (χ1v) is 8.88. The molecule has 26 heavy (non-hydrogen) atoms. The number of hydrogen-bond donors (Lipinski definition) is 1. The lowest BCUT2D eigenvalue weighted by molar-refractivity contribution is 0.0657. The minimum atomic E-state index is -0.0581. The molecule has 0 spiro atoms. The maximum Gasteiger partial charge on any atom is 0.289 e. The Morgan fingerprint density at radius 3 is 2.73 bits per heavy atom. The third-order valence-corrected chi connectivity index (χ3v) is 4.46. The largest absolute Gasteiger partial charge is 0.459 e. The fraction of sp³-hybridized carbons (Fsp3) is 0.529. The number of aromatic nitrogens is 3. The number of guanidine groups is 1. The molecule has 1 aliphatic heterocycles. The maximum absolute atomic E-state index is 12.3. The predicted molar refractivity (Wildman–Crippen MR) is 96.9 cm³/mol. The van der Waals surface area contributed by atoms with E-state index < -0.39 is 0 Å². The maximum atomic E-state index is 12.3. The van der Waals surface area contributed by atoms with E-state index >= 15 is 0 Å². The van der Waals surface area contributed by atoms with Gasteiger partial charge < -0.3 is 24.1 Å². The number of piperazine rings is 1. The van der Waals surface area contributed by atoms with E-state index in [1.54, 1.807) is 25.5 Å². The molecule has 3 heterocycles. The molecule has 9 nitrogen and oxygen atoms in total. The van der Waals surface area contributed by atoms with Crippen LogP contribution < -0.4 is 5.32 Å². The number of rotatable bonds is 5. The molecule has 0 aromatic carbocycles. The van der Waals surface area contributed by atoms with E-state index in [1.165, 1.54) is 6.26 Å². The highest BCUT2D eigenvalue weighted by Crippen LogP contribution is 2.09. The number of furan rings is 1. The SMILES string of the molecule is CCc1nncn1CCNC(=NC)N1CCN(C(=O)c2ccco2)CC1. The van der Waals surface area contributed by atoms with Crippen molar-refractivity contribution >= 4 is 11.9 Å². The Kier molecular flexibility index (Phi) is 5.88. The highest BCUT2D eigenvalue weighted by molar-refractivity contribution is 5.91. The summed E-state index contributed by atoms with van der Waals surface area (Å²) in [5.41, 5.74) is 0. The molecule has 140 valence electrons. The van der Waals surface area contributed by atoms with Crippen LogP contribution in [0.25, 0.3) is 0 Å². The second-order valence-corrected chi connectivity index (χ2v) is 6.02. The van der Waals surface area contributed by atoms with Gasteiger partial charge in [0.15, 0.2) is 11.7 Å². The van der Waals surface area contributed by atoms with Crippen LogP contribution in [0.4, 0.5) is 0 Å². The number of nitrogens with one attached hydrogen (secondary N) is 1. The van der Waals surface area contributed by atoms with Crippen LogP contribution in [0.5, 0.6) is 0 Å². The van der Waals surface area contributed by atoms with Crippen molar-refractivity contribution in [2.24, 2.45) is 4.99 Å². The van der Waals surface area contributed by atoms with Crippen molar-refractivity contribution < 1.29 is 9.21 Å². The molecule has 0 aliphatic carbocycles. The summed E-state index contributed by atoms with van der Waals surface area (Å²) >= 11 is 0. The van der Waals surface area contributed by atoms with Crippen molar-refractivity contribution in [2.45, 2.75) is 19.9 Å². The van der Waals surface area contributed by atoms with Crippen LogP contribution in [0.3, 0.4) is 0 Å². The molecule has 1 amide bonds. The fourth-order valence-electron chi connectivity index (χ4n) is 3.04. The van der Waals surface area contributed by atoms with Gasteiger partial charge in [0.05, 0.1) is 6.26 Å². The average molecular weight is 359 g/mol. The molecule has 3 rings (SSSR count). The first-order valence-electron chi connectivity index (χ1n) is 8.88. The van der Waals surface area contributed by atoms with Crippen molar-refractivity contribution in [3.05, 3.63) is 36.3 Å². The summed E-state index contributed by atoms with van der Waals surface area (Å²) in [6.07, 6.45) is 4.14. The molecule has 0 atom stereocenters. The Balaban J connectivity index is 1.47. The van der Waals surface area contributed by atoms with E-state index in [2.05, 4.69) is 32.3 Å². The third-order valence-electron chi connectivity index (χ3n) is 4.46. The van der Waals surface area contributed by atoms with Gasteiger partial charge in [0.1, 0.15) is 12.2 Å². The monoisotopic (exact) mass is 359 g/mol. The van der Waals surface area contributed by atoms with E-state index in [0.29, 0.717) is 18.8 Å². The number of aliphatic imine (C=N–C) groups is 1. The molecule has 1 aliphatic rings. The van der Waals surface area contributed by atoms with Crippen LogP contribution in [0.2, 0.25) is 0 Å². The van der Waals surface area contributed by atoms with E-state index in [-0.39, 0.29) is 5.91 Å². The van der Waals surface area contributed by atoms with Crippen molar-refractivity contribution in [3.8, 4) is 0 Å². The Bertz CT molecular complexity index is 730. The van der Waals surface area contributed by atoms with Crippen LogP contribution in [0, 0.1) is 0 Å². The topological polar surface area (TPSA) is 91.8 Å². The molecule has 0 bridgehead atoms. The van der Waals surface area contributed by atoms with Gasteiger partial charge >= 0.3 is 0 Å². The minimum absolute atomic E-state index is 0.0581. The van der Waals surface area contributed by atoms with Gasteiger partial charge in [-0.15, -0.1) is 10.2 Å². The molecule has 9 heteroatoms. The van der Waals surface area contributed by atoms with E-state index in [9.17, 15) is 4.79 Å². The third kappa shape index (κ3) is 4.04. The summed E-state index contributed by atoms with van der Waals surface area (Å²) < 4.78 is 7.24. The van der Waals surface area contributed by atoms with Crippen molar-refractivity contribution in [2.75, 3.05) is 39.8 Å². The fourth-order valence-corrected chi connectivity index (χ4v) is 3.04. The molecule has 1 N–H and O–H groups in total. The number of aryl methyl sites for hydroxylation is 1. The molecule has 1 saturated heterocycles. The first kappa shape index (κ1) is 18.0. The predicted octanol–water partition coefficient (Wildman–Crippen LogP) is 0.467. The van der Waals surface area contributed by atoms with Gasteiger partial charge in [-0.05, 0) is 12.1 Å². The summed E-state index contributed by atoms with van der Waals surface area (Å²) in [7, 11) is 1.78. The summed E-state index contributed by atoms with van der Waals surface area (Å²) in [6.45, 7) is 6.35. The standard InChI is InChI=1S/C17H25N7O2/c1-3-15-21-20-13-24(15)7-6-19-17(18-2)23-10-8-22(9-11-23)16(25)14-5-4-12-26-14/h4-5,12-13H,3,6-11H2,1-2H3,(H,18,19). The van der Waals surface area contributed by atoms with Gasteiger partial charge in [0.2, 0.25) is 0 Å². The number of hydrogen-bond acceptors (Lipinski definition) is 5. The Labute approximate surface area is 152 Å². The summed E-state index contributed by atoms with van der Waals surface area (Å²) in [6, 6.07) is 3.43. The lowest BCUT2D eigenvalue weighted by atomic mass is 10.3. The van der Waals surface area contributed by atoms with Gasteiger partial charge in [-0.1, -0.05) is 6.92 Å². The first-order chi connectivity index (χ1) is 12.7. The lowest BCUT2D eigenvalue weighted by Crippen LogP contribution is -2.54. The Morgan fingerprint density at radius 1 is 1.31 bits per heavy atom. The summed E-state index contributed by atoms with van der Waals surface area (Å²) in [5, 5.41) is 11.4. The summed E-state index contributed by atoms with van der Waals surface area (Å²) in [4.78, 5) is 20.7. The van der Waals surface area contributed by atoms with Crippen molar-refractivity contribution in [1.29, 1.82) is 0 Å². The second-order valence-electron chi connectivity index (χ2n) is 6.02. The van der Waals surface area contributed by atoms with E-state index in [0.717, 1.165) is 44.4 Å². The van der Waals surface area contributed by atoms with Gasteiger partial charge in [0, 0.05) is 52.7 Å². The van der Waals surface area contributed by atoms with Crippen LogP contribution >= 0.6 is 0 Å². The molecule has 2 aromatic heterocycles. The number of amides is 1. The molecular weight excluding hydrogens is 334 g/mol. The second kappa shape index (κ2) is 8.50. The molecule has 1 fully saturated rings. The van der Waals surface area contributed by atoms with Gasteiger partial charge in [-0.25, -0.2) is 0 Å². The molecular formula is C17H25N7O2. The Morgan fingerprint density at radius 2 is 2.08 bits per heavy atom. The van der Waals surface area contributed by atoms with Gasteiger partial charge in [0.25, 0.3) is 5.91 Å².